The first-order valence-electron chi connectivity index (χ1n) is 18.1. The van der Waals surface area contributed by atoms with Crippen LogP contribution in [0.5, 0.6) is 11.5 Å². The van der Waals surface area contributed by atoms with Crippen molar-refractivity contribution in [3.8, 4) is 11.5 Å². The molecule has 51 heavy (non-hydrogen) atoms. The second kappa shape index (κ2) is 15.4. The molecule has 1 unspecified atom stereocenters. The number of anilines is 7. The standard InChI is InChI=1S/C45H56N4O2/c1-30(2)27-31(3)49(29-32-28-40(44(4,5)6)43(51)41(42(32)50)45(7,8)9)39-25-23-38(24-26-39)48-37-21-19-36(20-22-37)47-35-17-15-34(16-18-35)46-33-13-11-10-12-14-33/h10-26,28,30-31,46-48,50-51H,27,29H2,1-9H3. The first kappa shape index (κ1) is 37.2. The van der Waals surface area contributed by atoms with Gasteiger partial charge in [-0.1, -0.05) is 73.6 Å². The van der Waals surface area contributed by atoms with Crippen LogP contribution in [0.2, 0.25) is 0 Å². The lowest BCUT2D eigenvalue weighted by Crippen LogP contribution is -2.34. The molecule has 5 aromatic rings. The van der Waals surface area contributed by atoms with Crippen molar-refractivity contribution in [1.82, 2.24) is 0 Å². The Bertz CT molecular complexity index is 1870. The number of phenols is 2. The first-order valence-corrected chi connectivity index (χ1v) is 18.1. The third-order valence-electron chi connectivity index (χ3n) is 9.20. The van der Waals surface area contributed by atoms with E-state index in [2.05, 4.69) is 147 Å². The van der Waals surface area contributed by atoms with Gasteiger partial charge < -0.3 is 31.1 Å². The van der Waals surface area contributed by atoms with E-state index in [0.29, 0.717) is 18.0 Å². The molecule has 0 amide bonds. The fourth-order valence-electron chi connectivity index (χ4n) is 6.65. The summed E-state index contributed by atoms with van der Waals surface area (Å²) in [5.74, 6) is 0.895. The van der Waals surface area contributed by atoms with Gasteiger partial charge in [-0.15, -0.1) is 0 Å². The zero-order valence-electron chi connectivity index (χ0n) is 31.8. The summed E-state index contributed by atoms with van der Waals surface area (Å²) >= 11 is 0. The van der Waals surface area contributed by atoms with Crippen molar-refractivity contribution in [2.24, 2.45) is 5.92 Å². The van der Waals surface area contributed by atoms with Crippen molar-refractivity contribution < 1.29 is 10.2 Å². The Labute approximate surface area is 305 Å². The number of aromatic hydroxyl groups is 2. The molecule has 0 fully saturated rings. The highest BCUT2D eigenvalue weighted by Crippen LogP contribution is 2.46. The van der Waals surface area contributed by atoms with Crippen LogP contribution in [-0.2, 0) is 17.4 Å². The number of benzene rings is 5. The third kappa shape index (κ3) is 9.57. The van der Waals surface area contributed by atoms with E-state index < -0.39 is 5.41 Å². The van der Waals surface area contributed by atoms with Gasteiger partial charge >= 0.3 is 0 Å². The van der Waals surface area contributed by atoms with Crippen molar-refractivity contribution in [1.29, 1.82) is 0 Å². The SMILES string of the molecule is CC(C)CC(C)N(Cc1cc(C(C)(C)C)c(O)c(C(C)(C)C)c1O)c1ccc(Nc2ccc(Nc3ccc(Nc4ccccc4)cc3)cc2)cc1. The molecule has 5 aromatic carbocycles. The Morgan fingerprint density at radius 3 is 1.35 bits per heavy atom. The number of nitrogens with one attached hydrogen (secondary N) is 3. The van der Waals surface area contributed by atoms with Crippen molar-refractivity contribution in [3.63, 3.8) is 0 Å². The van der Waals surface area contributed by atoms with Gasteiger partial charge in [0.25, 0.3) is 0 Å². The molecule has 0 aliphatic rings. The molecule has 0 aliphatic carbocycles. The number of nitrogens with zero attached hydrogens (tertiary/aromatic N) is 1. The van der Waals surface area contributed by atoms with E-state index in [9.17, 15) is 10.2 Å². The summed E-state index contributed by atoms with van der Waals surface area (Å²) in [5, 5.41) is 33.4. The number of para-hydroxylation sites is 1. The average molecular weight is 685 g/mol. The Balaban J connectivity index is 1.30. The highest BCUT2D eigenvalue weighted by atomic mass is 16.3. The van der Waals surface area contributed by atoms with Gasteiger partial charge in [0.2, 0.25) is 0 Å². The second-order valence-electron chi connectivity index (χ2n) is 16.2. The summed E-state index contributed by atoms with van der Waals surface area (Å²) in [4.78, 5) is 2.37. The van der Waals surface area contributed by atoms with Gasteiger partial charge in [-0.3, -0.25) is 0 Å². The number of hydrogen-bond acceptors (Lipinski definition) is 6. The van der Waals surface area contributed by atoms with Crippen LogP contribution in [0.4, 0.5) is 39.8 Å². The van der Waals surface area contributed by atoms with Crippen molar-refractivity contribution in [3.05, 3.63) is 126 Å². The second-order valence-corrected chi connectivity index (χ2v) is 16.2. The van der Waals surface area contributed by atoms with E-state index in [4.69, 9.17) is 0 Å². The maximum absolute atomic E-state index is 11.6. The highest BCUT2D eigenvalue weighted by molar-refractivity contribution is 5.69. The van der Waals surface area contributed by atoms with Crippen LogP contribution in [0, 0.1) is 5.92 Å². The van der Waals surface area contributed by atoms with Crippen molar-refractivity contribution in [2.75, 3.05) is 20.9 Å². The lowest BCUT2D eigenvalue weighted by atomic mass is 9.77. The zero-order valence-corrected chi connectivity index (χ0v) is 31.8. The molecule has 0 spiro atoms. The smallest absolute Gasteiger partial charge is 0.128 e. The molecule has 0 aliphatic heterocycles. The van der Waals surface area contributed by atoms with Crippen LogP contribution in [0.25, 0.3) is 0 Å². The van der Waals surface area contributed by atoms with Gasteiger partial charge in [0, 0.05) is 69.1 Å². The van der Waals surface area contributed by atoms with Crippen LogP contribution < -0.4 is 20.9 Å². The van der Waals surface area contributed by atoms with Gasteiger partial charge in [0.1, 0.15) is 11.5 Å². The molecule has 1 atom stereocenters. The maximum atomic E-state index is 11.6. The molecular weight excluding hydrogens is 629 g/mol. The summed E-state index contributed by atoms with van der Waals surface area (Å²) in [7, 11) is 0. The number of rotatable bonds is 12. The Morgan fingerprint density at radius 1 is 0.549 bits per heavy atom. The van der Waals surface area contributed by atoms with E-state index >= 15 is 0 Å². The van der Waals surface area contributed by atoms with Gasteiger partial charge in [-0.05, 0) is 121 Å². The van der Waals surface area contributed by atoms with Crippen LogP contribution in [0.15, 0.2) is 109 Å². The number of phenolic OH excluding ortho intramolecular Hbond substituents is 2. The molecule has 0 saturated carbocycles. The van der Waals surface area contributed by atoms with Gasteiger partial charge in [0.15, 0.2) is 0 Å². The van der Waals surface area contributed by atoms with Gasteiger partial charge in [0.05, 0.1) is 0 Å². The molecule has 268 valence electrons. The fraction of sp³-hybridized carbons (Fsp3) is 0.333. The maximum Gasteiger partial charge on any atom is 0.128 e. The van der Waals surface area contributed by atoms with E-state index in [0.717, 1.165) is 57.4 Å². The van der Waals surface area contributed by atoms with Crippen molar-refractivity contribution in [2.45, 2.75) is 92.2 Å². The van der Waals surface area contributed by atoms with E-state index in [1.807, 2.05) is 45.0 Å². The monoisotopic (exact) mass is 684 g/mol. The minimum atomic E-state index is -0.424. The molecular formula is C45H56N4O2. The van der Waals surface area contributed by atoms with Crippen LogP contribution in [0.3, 0.4) is 0 Å². The topological polar surface area (TPSA) is 79.8 Å². The normalized spacial score (nSPS) is 12.4. The Hall–Kier alpha value is -5.10. The highest BCUT2D eigenvalue weighted by Gasteiger charge is 2.31. The predicted octanol–water partition coefficient (Wildman–Crippen LogP) is 12.4. The van der Waals surface area contributed by atoms with Gasteiger partial charge in [-0.25, -0.2) is 0 Å². The minimum Gasteiger partial charge on any atom is -0.507 e. The quantitative estimate of drug-likeness (QED) is 0.0900. The molecule has 0 aromatic heterocycles. The first-order chi connectivity index (χ1) is 24.1. The molecule has 0 radical (unpaired) electrons. The Morgan fingerprint density at radius 2 is 0.961 bits per heavy atom. The molecule has 0 saturated heterocycles. The largest absolute Gasteiger partial charge is 0.507 e. The molecule has 5 N–H and O–H groups in total. The minimum absolute atomic E-state index is 0.183. The zero-order chi connectivity index (χ0) is 36.9. The summed E-state index contributed by atoms with van der Waals surface area (Å²) in [6.07, 6.45) is 1.01. The summed E-state index contributed by atoms with van der Waals surface area (Å²) in [6.45, 7) is 19.7. The number of hydrogen-bond donors (Lipinski definition) is 5. The third-order valence-corrected chi connectivity index (χ3v) is 9.20. The predicted molar refractivity (Wildman–Crippen MR) is 218 cm³/mol. The van der Waals surface area contributed by atoms with Crippen LogP contribution in [0.1, 0.15) is 85.4 Å². The molecule has 5 rings (SSSR count). The van der Waals surface area contributed by atoms with Crippen molar-refractivity contribution >= 4 is 39.8 Å². The lowest BCUT2D eigenvalue weighted by molar-refractivity contribution is 0.392. The molecule has 6 nitrogen and oxygen atoms in total. The Kier molecular flexibility index (Phi) is 11.2. The van der Waals surface area contributed by atoms with Crippen LogP contribution in [-0.4, -0.2) is 16.3 Å². The average Bonchev–Trinajstić information content (AvgIpc) is 3.06. The van der Waals surface area contributed by atoms with Gasteiger partial charge in [-0.2, -0.15) is 0 Å². The van der Waals surface area contributed by atoms with E-state index in [-0.39, 0.29) is 23.0 Å². The van der Waals surface area contributed by atoms with Crippen LogP contribution >= 0.6 is 0 Å². The lowest BCUT2D eigenvalue weighted by Gasteiger charge is -2.35. The molecule has 6 heteroatoms. The summed E-state index contributed by atoms with van der Waals surface area (Å²) in [6, 6.07) is 37.5. The fourth-order valence-corrected chi connectivity index (χ4v) is 6.65. The molecule has 0 heterocycles. The summed E-state index contributed by atoms with van der Waals surface area (Å²) in [5.41, 5.74) is 8.79. The molecule has 0 bridgehead atoms. The summed E-state index contributed by atoms with van der Waals surface area (Å²) < 4.78 is 0. The van der Waals surface area contributed by atoms with E-state index in [1.54, 1.807) is 0 Å². The van der Waals surface area contributed by atoms with E-state index in [1.165, 1.54) is 0 Å².